The molecule has 6 nitrogen and oxygen atoms in total. The summed E-state index contributed by atoms with van der Waals surface area (Å²) in [6.07, 6.45) is 7.39. The maximum absolute atomic E-state index is 12.7. The van der Waals surface area contributed by atoms with E-state index in [1.54, 1.807) is 19.5 Å². The molecule has 1 amide bonds. The molecule has 0 aliphatic carbocycles. The lowest BCUT2D eigenvalue weighted by Crippen LogP contribution is -2.39. The summed E-state index contributed by atoms with van der Waals surface area (Å²) in [5.74, 6) is 1.02. The number of ether oxygens (including phenoxy) is 1. The Labute approximate surface area is 170 Å². The van der Waals surface area contributed by atoms with Gasteiger partial charge in [-0.05, 0) is 42.7 Å². The first-order valence-electron chi connectivity index (χ1n) is 9.87. The van der Waals surface area contributed by atoms with E-state index < -0.39 is 0 Å². The molecular formula is C23H24N4O2. The lowest BCUT2D eigenvalue weighted by molar-refractivity contribution is 0.0699. The minimum atomic E-state index is -0.0599. The highest BCUT2D eigenvalue weighted by atomic mass is 16.5. The number of hydrogen-bond donors (Lipinski definition) is 0. The van der Waals surface area contributed by atoms with Crippen LogP contribution in [0.25, 0.3) is 0 Å². The molecule has 0 radical (unpaired) electrons. The first kappa shape index (κ1) is 19.1. The first-order chi connectivity index (χ1) is 14.2. The van der Waals surface area contributed by atoms with Crippen LogP contribution in [-0.4, -0.2) is 46.0 Å². The zero-order valence-electron chi connectivity index (χ0n) is 16.5. The van der Waals surface area contributed by atoms with Gasteiger partial charge < -0.3 is 9.64 Å². The molecule has 0 saturated carbocycles. The molecule has 2 aromatic heterocycles. The summed E-state index contributed by atoms with van der Waals surface area (Å²) >= 11 is 0. The number of rotatable bonds is 5. The van der Waals surface area contributed by atoms with Crippen LogP contribution in [-0.2, 0) is 6.42 Å². The molecule has 3 aromatic rings. The minimum Gasteiger partial charge on any atom is -0.497 e. The van der Waals surface area contributed by atoms with Gasteiger partial charge in [0.05, 0.1) is 13.3 Å². The highest BCUT2D eigenvalue weighted by molar-refractivity contribution is 5.92. The summed E-state index contributed by atoms with van der Waals surface area (Å²) in [7, 11) is 1.68. The van der Waals surface area contributed by atoms with Crippen LogP contribution in [0.15, 0.2) is 61.1 Å². The van der Waals surface area contributed by atoms with Gasteiger partial charge in [0.15, 0.2) is 0 Å². The topological polar surface area (TPSA) is 68.2 Å². The number of carbonyl (C=O) groups is 1. The summed E-state index contributed by atoms with van der Waals surface area (Å²) in [6.45, 7) is 1.40. The van der Waals surface area contributed by atoms with Crippen LogP contribution in [0.2, 0.25) is 0 Å². The van der Waals surface area contributed by atoms with Crippen molar-refractivity contribution in [1.29, 1.82) is 0 Å². The fourth-order valence-corrected chi connectivity index (χ4v) is 3.79. The van der Waals surface area contributed by atoms with Crippen LogP contribution in [0.3, 0.4) is 0 Å². The van der Waals surface area contributed by atoms with Gasteiger partial charge in [-0.2, -0.15) is 0 Å². The van der Waals surface area contributed by atoms with Gasteiger partial charge in [0, 0.05) is 49.2 Å². The van der Waals surface area contributed by atoms with Crippen LogP contribution >= 0.6 is 0 Å². The van der Waals surface area contributed by atoms with Crippen LogP contribution in [0.5, 0.6) is 5.75 Å². The molecule has 148 valence electrons. The van der Waals surface area contributed by atoms with Gasteiger partial charge in [-0.15, -0.1) is 0 Å². The van der Waals surface area contributed by atoms with Gasteiger partial charge in [0.1, 0.15) is 11.4 Å². The molecule has 1 aromatic carbocycles. The molecule has 0 spiro atoms. The zero-order chi connectivity index (χ0) is 20.1. The summed E-state index contributed by atoms with van der Waals surface area (Å²) < 4.78 is 5.31. The smallest absolute Gasteiger partial charge is 0.274 e. The number of benzene rings is 1. The Bertz CT molecular complexity index is 977. The molecular weight excluding hydrogens is 364 g/mol. The standard InChI is InChI=1S/C23H24N4O2/c1-29-20-8-2-5-17(14-20)13-19-7-3-9-21(26-19)18-6-4-12-27(16-18)23(28)22-15-24-10-11-25-22/h2-3,5,7-11,14-15,18H,4,6,12-13,16H2,1H3/t18-/m0/s1. The average Bonchev–Trinajstić information content (AvgIpc) is 2.79. The lowest BCUT2D eigenvalue weighted by atomic mass is 9.93. The maximum atomic E-state index is 12.7. The van der Waals surface area contributed by atoms with Crippen molar-refractivity contribution in [2.75, 3.05) is 20.2 Å². The summed E-state index contributed by atoms with van der Waals surface area (Å²) in [4.78, 5) is 27.7. The van der Waals surface area contributed by atoms with Crippen molar-refractivity contribution in [3.63, 3.8) is 0 Å². The van der Waals surface area contributed by atoms with E-state index in [1.165, 1.54) is 6.20 Å². The normalized spacial score (nSPS) is 16.4. The number of likely N-dealkylation sites (tertiary alicyclic amines) is 1. The molecule has 4 rings (SSSR count). The van der Waals surface area contributed by atoms with Gasteiger partial charge >= 0.3 is 0 Å². The van der Waals surface area contributed by atoms with Gasteiger partial charge in [0.25, 0.3) is 5.91 Å². The van der Waals surface area contributed by atoms with Crippen LogP contribution in [0.4, 0.5) is 0 Å². The van der Waals surface area contributed by atoms with Gasteiger partial charge in [-0.3, -0.25) is 14.8 Å². The Kier molecular flexibility index (Phi) is 5.79. The van der Waals surface area contributed by atoms with E-state index in [1.807, 2.05) is 29.2 Å². The maximum Gasteiger partial charge on any atom is 0.274 e. The number of hydrogen-bond acceptors (Lipinski definition) is 5. The lowest BCUT2D eigenvalue weighted by Gasteiger charge is -2.32. The van der Waals surface area contributed by atoms with E-state index in [9.17, 15) is 4.79 Å². The van der Waals surface area contributed by atoms with Crippen LogP contribution < -0.4 is 4.74 Å². The number of methoxy groups -OCH3 is 1. The predicted molar refractivity (Wildman–Crippen MR) is 110 cm³/mol. The number of carbonyl (C=O) groups excluding carboxylic acids is 1. The van der Waals surface area contributed by atoms with E-state index in [4.69, 9.17) is 9.72 Å². The van der Waals surface area contributed by atoms with Crippen molar-refractivity contribution in [1.82, 2.24) is 19.9 Å². The monoisotopic (exact) mass is 388 g/mol. The fraction of sp³-hybridized carbons (Fsp3) is 0.304. The van der Waals surface area contributed by atoms with E-state index in [0.717, 1.165) is 48.5 Å². The molecule has 0 bridgehead atoms. The Morgan fingerprint density at radius 3 is 2.93 bits per heavy atom. The fourth-order valence-electron chi connectivity index (χ4n) is 3.79. The van der Waals surface area contributed by atoms with Crippen molar-refractivity contribution in [3.8, 4) is 5.75 Å². The van der Waals surface area contributed by atoms with Gasteiger partial charge in [0.2, 0.25) is 0 Å². The average molecular weight is 388 g/mol. The molecule has 0 unspecified atom stereocenters. The Balaban J connectivity index is 1.48. The van der Waals surface area contributed by atoms with Crippen molar-refractivity contribution in [3.05, 3.63) is 83.7 Å². The quantitative estimate of drug-likeness (QED) is 0.669. The van der Waals surface area contributed by atoms with Gasteiger partial charge in [-0.1, -0.05) is 18.2 Å². The second-order valence-corrected chi connectivity index (χ2v) is 7.26. The molecule has 1 aliphatic heterocycles. The predicted octanol–water partition coefficient (Wildman–Crippen LogP) is 3.49. The van der Waals surface area contributed by atoms with Crippen molar-refractivity contribution in [2.24, 2.45) is 0 Å². The van der Waals surface area contributed by atoms with Crippen LogP contribution in [0, 0.1) is 0 Å². The Morgan fingerprint density at radius 1 is 1.21 bits per heavy atom. The Morgan fingerprint density at radius 2 is 2.10 bits per heavy atom. The second kappa shape index (κ2) is 8.82. The Hall–Kier alpha value is -3.28. The third-order valence-electron chi connectivity index (χ3n) is 5.26. The molecule has 6 heteroatoms. The highest BCUT2D eigenvalue weighted by Gasteiger charge is 2.27. The number of pyridine rings is 1. The van der Waals surface area contributed by atoms with E-state index in [-0.39, 0.29) is 11.8 Å². The first-order valence-corrected chi connectivity index (χ1v) is 9.87. The molecule has 3 heterocycles. The molecule has 1 saturated heterocycles. The van der Waals surface area contributed by atoms with Crippen molar-refractivity contribution < 1.29 is 9.53 Å². The minimum absolute atomic E-state index is 0.0599. The summed E-state index contributed by atoms with van der Waals surface area (Å²) in [5, 5.41) is 0. The second-order valence-electron chi connectivity index (χ2n) is 7.26. The molecule has 1 atom stereocenters. The number of amides is 1. The highest BCUT2D eigenvalue weighted by Crippen LogP contribution is 2.27. The van der Waals surface area contributed by atoms with Crippen molar-refractivity contribution in [2.45, 2.75) is 25.2 Å². The third-order valence-corrected chi connectivity index (χ3v) is 5.26. The molecule has 1 aliphatic rings. The number of nitrogens with zero attached hydrogens (tertiary/aromatic N) is 4. The largest absolute Gasteiger partial charge is 0.497 e. The van der Waals surface area contributed by atoms with E-state index in [2.05, 4.69) is 28.2 Å². The summed E-state index contributed by atoms with van der Waals surface area (Å²) in [6, 6.07) is 14.2. The molecule has 0 N–H and O–H groups in total. The summed E-state index contributed by atoms with van der Waals surface area (Å²) in [5.41, 5.74) is 3.63. The molecule has 29 heavy (non-hydrogen) atoms. The van der Waals surface area contributed by atoms with Crippen LogP contribution in [0.1, 0.15) is 46.2 Å². The number of aromatic nitrogens is 3. The third kappa shape index (κ3) is 4.59. The van der Waals surface area contributed by atoms with Gasteiger partial charge in [-0.25, -0.2) is 4.98 Å². The van der Waals surface area contributed by atoms with E-state index >= 15 is 0 Å². The zero-order valence-corrected chi connectivity index (χ0v) is 16.5. The number of piperidine rings is 1. The van der Waals surface area contributed by atoms with Crippen molar-refractivity contribution >= 4 is 5.91 Å². The van der Waals surface area contributed by atoms with E-state index in [0.29, 0.717) is 12.2 Å². The molecule has 1 fully saturated rings. The SMILES string of the molecule is COc1cccc(Cc2cccc([C@H]3CCCN(C(=O)c4cnccn4)C3)n2)c1.